The molecule has 0 fully saturated rings. The number of nitrogens with zero attached hydrogens (tertiary/aromatic N) is 4. The Morgan fingerprint density at radius 2 is 1.63 bits per heavy atom. The molecule has 0 radical (unpaired) electrons. The minimum atomic E-state index is -0.800. The minimum Gasteiger partial charge on any atom is -0.380 e. The molecule has 0 spiro atoms. The number of aliphatic hydroxyl groups is 1. The maximum atomic E-state index is 10.2. The topological polar surface area (TPSA) is 55.9 Å². The molecule has 0 amide bonds. The predicted octanol–water partition coefficient (Wildman–Crippen LogP) is 1.69. The average Bonchev–Trinajstić information content (AvgIpc) is 3.08. The lowest BCUT2D eigenvalue weighted by atomic mass is 10.2. The van der Waals surface area contributed by atoms with Crippen LogP contribution in [0.3, 0.4) is 0 Å². The van der Waals surface area contributed by atoms with Crippen molar-refractivity contribution in [3.63, 3.8) is 0 Å². The van der Waals surface area contributed by atoms with E-state index in [9.17, 15) is 5.11 Å². The Kier molecular flexibility index (Phi) is 2.89. The molecule has 0 saturated carbocycles. The molecule has 2 heterocycles. The second-order valence-electron chi connectivity index (χ2n) is 4.34. The zero-order valence-corrected chi connectivity index (χ0v) is 10.5. The van der Waals surface area contributed by atoms with Crippen LogP contribution in [-0.2, 0) is 7.05 Å². The zero-order valence-electron chi connectivity index (χ0n) is 10.5. The second-order valence-corrected chi connectivity index (χ2v) is 4.34. The predicted molar refractivity (Wildman–Crippen MR) is 70.8 cm³/mol. The Morgan fingerprint density at radius 1 is 0.947 bits per heavy atom. The highest BCUT2D eigenvalue weighted by Gasteiger charge is 2.16. The first kappa shape index (κ1) is 11.7. The van der Waals surface area contributed by atoms with E-state index in [1.807, 2.05) is 43.6 Å². The molecule has 0 aliphatic rings. The molecule has 0 aliphatic heterocycles. The Balaban J connectivity index is 1.89. The third kappa shape index (κ3) is 2.28. The van der Waals surface area contributed by atoms with Gasteiger partial charge in [0.1, 0.15) is 6.10 Å². The van der Waals surface area contributed by atoms with Crippen LogP contribution in [0.4, 0.5) is 0 Å². The largest absolute Gasteiger partial charge is 0.380 e. The van der Waals surface area contributed by atoms with Gasteiger partial charge in [0, 0.05) is 19.4 Å². The minimum absolute atomic E-state index is 0.586. The van der Waals surface area contributed by atoms with E-state index in [2.05, 4.69) is 10.2 Å². The molecular weight excluding hydrogens is 240 g/mol. The van der Waals surface area contributed by atoms with Crippen molar-refractivity contribution < 1.29 is 5.11 Å². The zero-order chi connectivity index (χ0) is 13.2. The van der Waals surface area contributed by atoms with Gasteiger partial charge in [-0.25, -0.2) is 4.68 Å². The van der Waals surface area contributed by atoms with Gasteiger partial charge in [-0.15, -0.1) is 0 Å². The summed E-state index contributed by atoms with van der Waals surface area (Å²) in [5.41, 5.74) is 2.14. The van der Waals surface area contributed by atoms with Crippen molar-refractivity contribution >= 4 is 0 Å². The molecule has 5 nitrogen and oxygen atoms in total. The first-order chi connectivity index (χ1) is 9.24. The molecule has 1 unspecified atom stereocenters. The van der Waals surface area contributed by atoms with Gasteiger partial charge in [-0.2, -0.15) is 10.2 Å². The first-order valence-corrected chi connectivity index (χ1v) is 6.02. The van der Waals surface area contributed by atoms with Crippen LogP contribution >= 0.6 is 0 Å². The molecule has 3 aromatic rings. The molecule has 5 heteroatoms. The Labute approximate surface area is 110 Å². The molecule has 1 atom stereocenters. The number of para-hydroxylation sites is 1. The summed E-state index contributed by atoms with van der Waals surface area (Å²) in [5, 5.41) is 18.8. The number of benzene rings is 1. The van der Waals surface area contributed by atoms with E-state index in [-0.39, 0.29) is 0 Å². The van der Waals surface area contributed by atoms with Gasteiger partial charge in [0.05, 0.1) is 17.1 Å². The summed E-state index contributed by atoms with van der Waals surface area (Å²) >= 11 is 0. The number of aliphatic hydroxyl groups excluding tert-OH is 1. The fourth-order valence-corrected chi connectivity index (χ4v) is 1.94. The number of aryl methyl sites for hydroxylation is 1. The van der Waals surface area contributed by atoms with Crippen LogP contribution in [0.5, 0.6) is 0 Å². The van der Waals surface area contributed by atoms with Crippen LogP contribution in [0.2, 0.25) is 0 Å². The van der Waals surface area contributed by atoms with Gasteiger partial charge >= 0.3 is 0 Å². The van der Waals surface area contributed by atoms with Crippen molar-refractivity contribution in [2.45, 2.75) is 6.10 Å². The second kappa shape index (κ2) is 4.70. The third-order valence-electron chi connectivity index (χ3n) is 2.92. The van der Waals surface area contributed by atoms with Crippen molar-refractivity contribution in [2.75, 3.05) is 0 Å². The summed E-state index contributed by atoms with van der Waals surface area (Å²) in [4.78, 5) is 0. The Bertz CT molecular complexity index is 672. The highest BCUT2D eigenvalue weighted by atomic mass is 16.3. The van der Waals surface area contributed by atoms with Crippen molar-refractivity contribution in [3.8, 4) is 5.69 Å². The lowest BCUT2D eigenvalue weighted by Crippen LogP contribution is -2.04. The van der Waals surface area contributed by atoms with Crippen molar-refractivity contribution in [1.82, 2.24) is 19.6 Å². The fourth-order valence-electron chi connectivity index (χ4n) is 1.94. The molecule has 0 aliphatic carbocycles. The van der Waals surface area contributed by atoms with Crippen molar-refractivity contribution in [2.24, 2.45) is 7.05 Å². The molecule has 0 bridgehead atoms. The van der Waals surface area contributed by atoms with Crippen molar-refractivity contribution in [1.29, 1.82) is 0 Å². The third-order valence-corrected chi connectivity index (χ3v) is 2.92. The van der Waals surface area contributed by atoms with E-state index >= 15 is 0 Å². The summed E-state index contributed by atoms with van der Waals surface area (Å²) in [5.74, 6) is 0. The van der Waals surface area contributed by atoms with Gasteiger partial charge in [0.25, 0.3) is 0 Å². The number of rotatable bonds is 3. The molecule has 0 saturated heterocycles. The maximum Gasteiger partial charge on any atom is 0.141 e. The summed E-state index contributed by atoms with van der Waals surface area (Å²) in [7, 11) is 1.82. The van der Waals surface area contributed by atoms with Crippen molar-refractivity contribution in [3.05, 3.63) is 66.2 Å². The highest BCUT2D eigenvalue weighted by molar-refractivity contribution is 5.31. The molecular formula is C14H14N4O. The average molecular weight is 254 g/mol. The number of hydrogen-bond donors (Lipinski definition) is 1. The molecule has 19 heavy (non-hydrogen) atoms. The normalized spacial score (nSPS) is 12.5. The van der Waals surface area contributed by atoms with E-state index in [0.717, 1.165) is 5.69 Å². The summed E-state index contributed by atoms with van der Waals surface area (Å²) in [6, 6.07) is 13.4. The van der Waals surface area contributed by atoms with Gasteiger partial charge in [-0.05, 0) is 24.3 Å². The lowest BCUT2D eigenvalue weighted by molar-refractivity contribution is 0.209. The van der Waals surface area contributed by atoms with Crippen LogP contribution in [0.1, 0.15) is 17.5 Å². The number of aromatic nitrogens is 4. The number of hydrogen-bond acceptors (Lipinski definition) is 3. The molecule has 2 aromatic heterocycles. The van der Waals surface area contributed by atoms with Gasteiger partial charge < -0.3 is 5.11 Å². The molecule has 1 aromatic carbocycles. The lowest BCUT2D eigenvalue weighted by Gasteiger charge is -2.04. The quantitative estimate of drug-likeness (QED) is 0.773. The van der Waals surface area contributed by atoms with E-state index in [0.29, 0.717) is 11.4 Å². The van der Waals surface area contributed by atoms with E-state index in [1.54, 1.807) is 27.7 Å². The van der Waals surface area contributed by atoms with E-state index in [4.69, 9.17) is 0 Å². The first-order valence-electron chi connectivity index (χ1n) is 6.02. The Morgan fingerprint density at radius 3 is 2.32 bits per heavy atom. The summed E-state index contributed by atoms with van der Waals surface area (Å²) in [6.45, 7) is 0. The standard InChI is InChI=1S/C14H14N4O/c1-17-9-7-12(15-17)14(19)13-8-10-18(16-13)11-5-3-2-4-6-11/h2-10,14,19H,1H3. The molecule has 96 valence electrons. The Hall–Kier alpha value is -2.40. The van der Waals surface area contributed by atoms with Gasteiger partial charge in [-0.1, -0.05) is 18.2 Å². The highest BCUT2D eigenvalue weighted by Crippen LogP contribution is 2.19. The van der Waals surface area contributed by atoms with Crippen LogP contribution in [0, 0.1) is 0 Å². The smallest absolute Gasteiger partial charge is 0.141 e. The van der Waals surface area contributed by atoms with Gasteiger partial charge in [0.2, 0.25) is 0 Å². The maximum absolute atomic E-state index is 10.2. The van der Waals surface area contributed by atoms with Gasteiger partial charge in [-0.3, -0.25) is 4.68 Å². The van der Waals surface area contributed by atoms with Crippen LogP contribution in [-0.4, -0.2) is 24.7 Å². The summed E-state index contributed by atoms with van der Waals surface area (Å²) < 4.78 is 3.40. The van der Waals surface area contributed by atoms with Crippen LogP contribution in [0.25, 0.3) is 5.69 Å². The van der Waals surface area contributed by atoms with Crippen LogP contribution < -0.4 is 0 Å². The molecule has 1 N–H and O–H groups in total. The van der Waals surface area contributed by atoms with E-state index in [1.165, 1.54) is 0 Å². The molecule has 3 rings (SSSR count). The monoisotopic (exact) mass is 254 g/mol. The fraction of sp³-hybridized carbons (Fsp3) is 0.143. The van der Waals surface area contributed by atoms with Gasteiger partial charge in [0.15, 0.2) is 0 Å². The van der Waals surface area contributed by atoms with Crippen LogP contribution in [0.15, 0.2) is 54.9 Å². The van der Waals surface area contributed by atoms with E-state index < -0.39 is 6.10 Å². The SMILES string of the molecule is Cn1ccc(C(O)c2ccn(-c3ccccc3)n2)n1. The summed E-state index contributed by atoms with van der Waals surface area (Å²) in [6.07, 6.45) is 2.83.